The molecule has 1 heterocycles. The van der Waals surface area contributed by atoms with Gasteiger partial charge in [0.1, 0.15) is 12.2 Å². The molecule has 5 heteroatoms. The molecule has 0 unspecified atom stereocenters. The van der Waals surface area contributed by atoms with Crippen molar-refractivity contribution >= 4 is 5.78 Å². The van der Waals surface area contributed by atoms with Crippen molar-refractivity contribution in [3.8, 4) is 0 Å². The van der Waals surface area contributed by atoms with Gasteiger partial charge in [0.15, 0.2) is 5.78 Å². The highest BCUT2D eigenvalue weighted by Gasteiger charge is 2.44. The molecule has 0 bridgehead atoms. The first kappa shape index (κ1) is 11.1. The van der Waals surface area contributed by atoms with E-state index in [2.05, 4.69) is 0 Å². The molecular weight excluding hydrogens is 221 g/mol. The highest BCUT2D eigenvalue weighted by molar-refractivity contribution is 5.83. The second kappa shape index (κ2) is 3.59. The predicted molar refractivity (Wildman–Crippen MR) is 49.7 cm³/mol. The molecule has 1 aromatic rings. The number of halogens is 3. The Labute approximate surface area is 90.0 Å². The van der Waals surface area contributed by atoms with Crippen molar-refractivity contribution in [2.24, 2.45) is 0 Å². The Hall–Kier alpha value is -1.36. The minimum atomic E-state index is -4.33. The third-order valence-electron chi connectivity index (χ3n) is 2.46. The normalized spacial score (nSPS) is 24.2. The molecule has 1 aromatic carbocycles. The minimum Gasteiger partial charge on any atom is -0.356 e. The van der Waals surface area contributed by atoms with Crippen LogP contribution in [-0.4, -0.2) is 11.9 Å². The maximum atomic E-state index is 12.3. The summed E-state index contributed by atoms with van der Waals surface area (Å²) in [7, 11) is 0. The molecular formula is C11H9F3O2. The van der Waals surface area contributed by atoms with Gasteiger partial charge in [0.25, 0.3) is 0 Å². The first-order valence-corrected chi connectivity index (χ1v) is 4.72. The number of ketones is 1. The molecule has 86 valence electrons. The molecule has 0 radical (unpaired) electrons. The fourth-order valence-corrected chi connectivity index (χ4v) is 1.54. The zero-order valence-electron chi connectivity index (χ0n) is 8.41. The van der Waals surface area contributed by atoms with Crippen LogP contribution < -0.4 is 0 Å². The van der Waals surface area contributed by atoms with Gasteiger partial charge >= 0.3 is 6.18 Å². The van der Waals surface area contributed by atoms with Crippen LogP contribution in [0.15, 0.2) is 24.3 Å². The molecule has 2 atom stereocenters. The number of hydrogen-bond donors (Lipinski definition) is 0. The Balaban J connectivity index is 2.13. The first-order chi connectivity index (χ1) is 7.39. The van der Waals surface area contributed by atoms with Gasteiger partial charge in [-0.3, -0.25) is 4.79 Å². The topological polar surface area (TPSA) is 29.6 Å². The maximum absolute atomic E-state index is 12.3. The van der Waals surface area contributed by atoms with E-state index in [0.717, 1.165) is 12.1 Å². The lowest BCUT2D eigenvalue weighted by atomic mass is 10.1. The Bertz CT molecular complexity index is 408. The number of rotatable bonds is 2. The Kier molecular flexibility index (Phi) is 2.50. The second-order valence-corrected chi connectivity index (χ2v) is 3.71. The van der Waals surface area contributed by atoms with Crippen LogP contribution in [0.4, 0.5) is 13.2 Å². The molecule has 0 aromatic heterocycles. The number of alkyl halides is 3. The van der Waals surface area contributed by atoms with Crippen LogP contribution in [0, 0.1) is 0 Å². The number of carbonyl (C=O) groups excluding carboxylic acids is 1. The average molecular weight is 230 g/mol. The largest absolute Gasteiger partial charge is 0.416 e. The summed E-state index contributed by atoms with van der Waals surface area (Å²) in [5.74, 6) is -0.107. The van der Waals surface area contributed by atoms with Crippen LogP contribution in [0.2, 0.25) is 0 Å². The number of epoxide rings is 1. The van der Waals surface area contributed by atoms with Crippen LogP contribution in [0.1, 0.15) is 24.2 Å². The summed E-state index contributed by atoms with van der Waals surface area (Å²) in [6.45, 7) is 1.40. The predicted octanol–water partition coefficient (Wildman–Crippen LogP) is 2.73. The molecule has 0 N–H and O–H groups in total. The lowest BCUT2D eigenvalue weighted by molar-refractivity contribution is -0.137. The van der Waals surface area contributed by atoms with Crippen molar-refractivity contribution in [2.75, 3.05) is 0 Å². The number of benzene rings is 1. The molecule has 1 aliphatic rings. The van der Waals surface area contributed by atoms with E-state index in [4.69, 9.17) is 4.74 Å². The zero-order valence-corrected chi connectivity index (χ0v) is 8.41. The maximum Gasteiger partial charge on any atom is 0.416 e. The van der Waals surface area contributed by atoms with E-state index in [9.17, 15) is 18.0 Å². The van der Waals surface area contributed by atoms with Gasteiger partial charge in [-0.15, -0.1) is 0 Å². The third-order valence-corrected chi connectivity index (χ3v) is 2.46. The van der Waals surface area contributed by atoms with Crippen molar-refractivity contribution < 1.29 is 22.7 Å². The van der Waals surface area contributed by atoms with Gasteiger partial charge in [0.05, 0.1) is 5.56 Å². The van der Waals surface area contributed by atoms with Crippen molar-refractivity contribution in [1.82, 2.24) is 0 Å². The fraction of sp³-hybridized carbons (Fsp3) is 0.364. The smallest absolute Gasteiger partial charge is 0.356 e. The molecule has 1 fully saturated rings. The fourth-order valence-electron chi connectivity index (χ4n) is 1.54. The number of carbonyl (C=O) groups is 1. The number of Topliss-reactive ketones (excluding diaryl/α,β-unsaturated/α-hetero) is 1. The molecule has 0 spiro atoms. The lowest BCUT2D eigenvalue weighted by Crippen LogP contribution is -2.05. The van der Waals surface area contributed by atoms with Crippen molar-refractivity contribution in [2.45, 2.75) is 25.3 Å². The summed E-state index contributed by atoms with van der Waals surface area (Å²) >= 11 is 0. The van der Waals surface area contributed by atoms with Gasteiger partial charge in [-0.1, -0.05) is 12.1 Å². The van der Waals surface area contributed by atoms with E-state index in [-0.39, 0.29) is 11.9 Å². The molecule has 2 nitrogen and oxygen atoms in total. The van der Waals surface area contributed by atoms with E-state index in [1.54, 1.807) is 0 Å². The summed E-state index contributed by atoms with van der Waals surface area (Å²) in [6.07, 6.45) is -5.19. The summed E-state index contributed by atoms with van der Waals surface area (Å²) < 4.78 is 41.8. The Morgan fingerprint density at radius 2 is 1.81 bits per heavy atom. The van der Waals surface area contributed by atoms with Gasteiger partial charge in [0.2, 0.25) is 0 Å². The van der Waals surface area contributed by atoms with Gasteiger partial charge in [-0.2, -0.15) is 13.2 Å². The van der Waals surface area contributed by atoms with E-state index < -0.39 is 17.8 Å². The van der Waals surface area contributed by atoms with Crippen LogP contribution in [-0.2, 0) is 15.7 Å². The van der Waals surface area contributed by atoms with Crippen LogP contribution in [0.25, 0.3) is 0 Å². The van der Waals surface area contributed by atoms with Crippen molar-refractivity contribution in [3.05, 3.63) is 35.4 Å². The van der Waals surface area contributed by atoms with Crippen LogP contribution in [0.3, 0.4) is 0 Å². The molecule has 1 aliphatic heterocycles. The van der Waals surface area contributed by atoms with Crippen molar-refractivity contribution in [3.63, 3.8) is 0 Å². The van der Waals surface area contributed by atoms with Crippen LogP contribution in [0.5, 0.6) is 0 Å². The molecule has 0 aliphatic carbocycles. The highest BCUT2D eigenvalue weighted by Crippen LogP contribution is 2.40. The molecule has 2 rings (SSSR count). The standard InChI is InChI=1S/C11H9F3O2/c1-6(15)9-10(16-9)7-2-4-8(5-3-7)11(12,13)14/h2-5,9-10H,1H3/t9-,10+/m1/s1. The van der Waals surface area contributed by atoms with Gasteiger partial charge in [-0.05, 0) is 24.6 Å². The molecule has 0 saturated carbocycles. The molecule has 1 saturated heterocycles. The van der Waals surface area contributed by atoms with E-state index in [1.165, 1.54) is 19.1 Å². The Morgan fingerprint density at radius 1 is 1.25 bits per heavy atom. The number of ether oxygens (including phenoxy) is 1. The number of hydrogen-bond acceptors (Lipinski definition) is 2. The monoisotopic (exact) mass is 230 g/mol. The van der Waals surface area contributed by atoms with E-state index in [0.29, 0.717) is 5.56 Å². The zero-order chi connectivity index (χ0) is 11.9. The summed E-state index contributed by atoms with van der Waals surface area (Å²) in [5, 5.41) is 0. The van der Waals surface area contributed by atoms with Crippen molar-refractivity contribution in [1.29, 1.82) is 0 Å². The second-order valence-electron chi connectivity index (χ2n) is 3.71. The van der Waals surface area contributed by atoms with Crippen LogP contribution >= 0.6 is 0 Å². The Morgan fingerprint density at radius 3 is 2.19 bits per heavy atom. The lowest BCUT2D eigenvalue weighted by Gasteiger charge is -2.06. The minimum absolute atomic E-state index is 0.107. The molecule has 0 amide bonds. The van der Waals surface area contributed by atoms with E-state index >= 15 is 0 Å². The summed E-state index contributed by atoms with van der Waals surface area (Å²) in [5.41, 5.74) is -0.0931. The SMILES string of the molecule is CC(=O)[C@H]1O[C@H]1c1ccc(C(F)(F)F)cc1. The average Bonchev–Trinajstić information content (AvgIpc) is 2.96. The van der Waals surface area contributed by atoms with Gasteiger partial charge in [-0.25, -0.2) is 0 Å². The summed E-state index contributed by atoms with van der Waals surface area (Å²) in [6, 6.07) is 4.68. The van der Waals surface area contributed by atoms with E-state index in [1.807, 2.05) is 0 Å². The van der Waals surface area contributed by atoms with Gasteiger partial charge < -0.3 is 4.74 Å². The quantitative estimate of drug-likeness (QED) is 0.731. The third kappa shape index (κ3) is 2.09. The summed E-state index contributed by atoms with van der Waals surface area (Å²) in [4.78, 5) is 10.9. The van der Waals surface area contributed by atoms with Gasteiger partial charge in [0, 0.05) is 0 Å². The highest BCUT2D eigenvalue weighted by atomic mass is 19.4. The first-order valence-electron chi connectivity index (χ1n) is 4.72. The molecule has 16 heavy (non-hydrogen) atoms.